The normalized spacial score (nSPS) is 16.4. The fraction of sp³-hybridized carbons (Fsp3) is 0.323. The number of hydrogen-bond acceptors (Lipinski definition) is 4. The van der Waals surface area contributed by atoms with E-state index < -0.39 is 5.97 Å². The standard InChI is InChI=1S/C31H34N2O4/c1-20(21-10-7-6-8-11-21)32-29(35)25-12-9-13-26(30(36)37-5)28(25)22-18-27(34)33(19-22)24-16-14-23(15-17-24)31(2,3)4/h6-17,20,22H,18-19H2,1-5H3,(H,32,35)/t20-,22+/m1/s1. The van der Waals surface area contributed by atoms with Gasteiger partial charge in [0.1, 0.15) is 0 Å². The van der Waals surface area contributed by atoms with Crippen LogP contribution in [0.2, 0.25) is 0 Å². The molecule has 1 aliphatic heterocycles. The summed E-state index contributed by atoms with van der Waals surface area (Å²) in [5.74, 6) is -1.20. The van der Waals surface area contributed by atoms with Crippen LogP contribution in [0.4, 0.5) is 5.69 Å². The van der Waals surface area contributed by atoms with Crippen molar-refractivity contribution in [2.24, 2.45) is 0 Å². The Labute approximate surface area is 218 Å². The Kier molecular flexibility index (Phi) is 7.48. The van der Waals surface area contributed by atoms with E-state index in [1.165, 1.54) is 12.7 Å². The van der Waals surface area contributed by atoms with Gasteiger partial charge in [-0.25, -0.2) is 4.79 Å². The van der Waals surface area contributed by atoms with Crippen LogP contribution in [0.3, 0.4) is 0 Å². The zero-order valence-electron chi connectivity index (χ0n) is 22.1. The molecule has 0 unspecified atom stereocenters. The summed E-state index contributed by atoms with van der Waals surface area (Å²) in [7, 11) is 1.32. The number of anilines is 1. The molecule has 37 heavy (non-hydrogen) atoms. The number of ether oxygens (including phenoxy) is 1. The third kappa shape index (κ3) is 5.58. The first kappa shape index (κ1) is 26.1. The summed E-state index contributed by atoms with van der Waals surface area (Å²) in [4.78, 5) is 41.1. The molecular formula is C31H34N2O4. The van der Waals surface area contributed by atoms with Gasteiger partial charge < -0.3 is 15.0 Å². The van der Waals surface area contributed by atoms with Crippen LogP contribution in [0.5, 0.6) is 0 Å². The predicted octanol–water partition coefficient (Wildman–Crippen LogP) is 5.78. The molecule has 3 aromatic rings. The molecule has 1 saturated heterocycles. The zero-order chi connectivity index (χ0) is 26.7. The summed E-state index contributed by atoms with van der Waals surface area (Å²) in [6.45, 7) is 8.73. The first-order valence-electron chi connectivity index (χ1n) is 12.6. The molecule has 0 radical (unpaired) electrons. The number of amides is 2. The number of rotatable bonds is 6. The molecule has 1 heterocycles. The number of nitrogens with one attached hydrogen (secondary N) is 1. The fourth-order valence-electron chi connectivity index (χ4n) is 4.88. The van der Waals surface area contributed by atoms with E-state index in [2.05, 4.69) is 26.1 Å². The van der Waals surface area contributed by atoms with E-state index in [1.54, 1.807) is 23.1 Å². The van der Waals surface area contributed by atoms with Crippen molar-refractivity contribution < 1.29 is 19.1 Å². The largest absolute Gasteiger partial charge is 0.465 e. The van der Waals surface area contributed by atoms with Crippen molar-refractivity contribution >= 4 is 23.5 Å². The Morgan fingerprint density at radius 1 is 0.946 bits per heavy atom. The second-order valence-corrected chi connectivity index (χ2v) is 10.6. The Hall–Kier alpha value is -3.93. The molecule has 0 bridgehead atoms. The Morgan fingerprint density at radius 2 is 1.59 bits per heavy atom. The van der Waals surface area contributed by atoms with Crippen molar-refractivity contribution in [3.05, 3.63) is 101 Å². The van der Waals surface area contributed by atoms with Crippen LogP contribution < -0.4 is 10.2 Å². The average molecular weight is 499 g/mol. The van der Waals surface area contributed by atoms with Crippen molar-refractivity contribution in [1.29, 1.82) is 0 Å². The quantitative estimate of drug-likeness (QED) is 0.437. The summed E-state index contributed by atoms with van der Waals surface area (Å²) >= 11 is 0. The molecule has 1 fully saturated rings. The minimum atomic E-state index is -0.527. The van der Waals surface area contributed by atoms with Gasteiger partial charge in [-0.05, 0) is 53.3 Å². The summed E-state index contributed by atoms with van der Waals surface area (Å²) in [6.07, 6.45) is 0.198. The summed E-state index contributed by atoms with van der Waals surface area (Å²) < 4.78 is 5.04. The smallest absolute Gasteiger partial charge is 0.338 e. The van der Waals surface area contributed by atoms with E-state index in [4.69, 9.17) is 4.74 Å². The third-order valence-electron chi connectivity index (χ3n) is 6.98. The van der Waals surface area contributed by atoms with Crippen LogP contribution in [-0.2, 0) is 14.9 Å². The molecule has 6 nitrogen and oxygen atoms in total. The Balaban J connectivity index is 1.66. The average Bonchev–Trinajstić information content (AvgIpc) is 3.28. The van der Waals surface area contributed by atoms with Crippen molar-refractivity contribution in [2.75, 3.05) is 18.6 Å². The van der Waals surface area contributed by atoms with Gasteiger partial charge in [0, 0.05) is 30.1 Å². The number of nitrogens with zero attached hydrogens (tertiary/aromatic N) is 1. The van der Waals surface area contributed by atoms with Gasteiger partial charge in [-0.1, -0.05) is 69.3 Å². The van der Waals surface area contributed by atoms with Gasteiger partial charge in [-0.3, -0.25) is 9.59 Å². The minimum Gasteiger partial charge on any atom is -0.465 e. The van der Waals surface area contributed by atoms with Gasteiger partial charge in [0.15, 0.2) is 0 Å². The Morgan fingerprint density at radius 3 is 2.22 bits per heavy atom. The third-order valence-corrected chi connectivity index (χ3v) is 6.98. The molecule has 0 saturated carbocycles. The maximum absolute atomic E-state index is 13.5. The minimum absolute atomic E-state index is 0.00862. The van der Waals surface area contributed by atoms with E-state index in [0.29, 0.717) is 23.2 Å². The van der Waals surface area contributed by atoms with Gasteiger partial charge in [0.05, 0.1) is 18.7 Å². The summed E-state index contributed by atoms with van der Waals surface area (Å²) in [5.41, 5.74) is 4.21. The topological polar surface area (TPSA) is 75.7 Å². The molecule has 2 atom stereocenters. The zero-order valence-corrected chi connectivity index (χ0v) is 22.1. The fourth-order valence-corrected chi connectivity index (χ4v) is 4.88. The highest BCUT2D eigenvalue weighted by Gasteiger charge is 2.36. The lowest BCUT2D eigenvalue weighted by Crippen LogP contribution is -2.29. The molecular weight excluding hydrogens is 464 g/mol. The number of carbonyl (C=O) groups is 3. The van der Waals surface area contributed by atoms with Crippen molar-refractivity contribution in [3.8, 4) is 0 Å². The molecule has 0 aliphatic carbocycles. The van der Waals surface area contributed by atoms with Gasteiger partial charge in [0.25, 0.3) is 5.91 Å². The van der Waals surface area contributed by atoms with Crippen molar-refractivity contribution in [3.63, 3.8) is 0 Å². The lowest BCUT2D eigenvalue weighted by molar-refractivity contribution is -0.117. The molecule has 0 spiro atoms. The Bertz CT molecular complexity index is 1290. The summed E-state index contributed by atoms with van der Waals surface area (Å²) in [6, 6.07) is 22.5. The van der Waals surface area contributed by atoms with Crippen molar-refractivity contribution in [2.45, 2.75) is 51.5 Å². The second kappa shape index (κ2) is 10.6. The van der Waals surface area contributed by atoms with Crippen LogP contribution in [-0.4, -0.2) is 31.4 Å². The second-order valence-electron chi connectivity index (χ2n) is 10.6. The lowest BCUT2D eigenvalue weighted by atomic mass is 9.87. The predicted molar refractivity (Wildman–Crippen MR) is 145 cm³/mol. The van der Waals surface area contributed by atoms with Crippen LogP contribution in [0, 0.1) is 0 Å². The first-order valence-corrected chi connectivity index (χ1v) is 12.6. The highest BCUT2D eigenvalue weighted by Crippen LogP contribution is 2.36. The number of benzene rings is 3. The highest BCUT2D eigenvalue weighted by molar-refractivity contribution is 6.03. The molecule has 4 rings (SSSR count). The maximum Gasteiger partial charge on any atom is 0.338 e. The van der Waals surface area contributed by atoms with E-state index in [9.17, 15) is 14.4 Å². The van der Waals surface area contributed by atoms with Gasteiger partial charge >= 0.3 is 5.97 Å². The van der Waals surface area contributed by atoms with Crippen LogP contribution in [0.1, 0.15) is 83.5 Å². The van der Waals surface area contributed by atoms with Gasteiger partial charge in [0.2, 0.25) is 5.91 Å². The number of esters is 1. The molecule has 2 amide bonds. The summed E-state index contributed by atoms with van der Waals surface area (Å²) in [5, 5.41) is 3.05. The number of carbonyl (C=O) groups excluding carboxylic acids is 3. The van der Waals surface area contributed by atoms with E-state index in [0.717, 1.165) is 11.3 Å². The van der Waals surface area contributed by atoms with E-state index in [1.807, 2.05) is 61.5 Å². The van der Waals surface area contributed by atoms with Crippen LogP contribution in [0.15, 0.2) is 72.8 Å². The maximum atomic E-state index is 13.5. The molecule has 192 valence electrons. The first-order chi connectivity index (χ1) is 17.6. The molecule has 3 aromatic carbocycles. The number of hydrogen-bond donors (Lipinski definition) is 1. The lowest BCUT2D eigenvalue weighted by Gasteiger charge is -2.23. The van der Waals surface area contributed by atoms with E-state index in [-0.39, 0.29) is 35.6 Å². The molecule has 6 heteroatoms. The number of methoxy groups -OCH3 is 1. The van der Waals surface area contributed by atoms with Crippen LogP contribution >= 0.6 is 0 Å². The van der Waals surface area contributed by atoms with Gasteiger partial charge in [-0.15, -0.1) is 0 Å². The molecule has 1 aliphatic rings. The molecule has 1 N–H and O–H groups in total. The van der Waals surface area contributed by atoms with Gasteiger partial charge in [-0.2, -0.15) is 0 Å². The monoisotopic (exact) mass is 498 g/mol. The van der Waals surface area contributed by atoms with Crippen LogP contribution in [0.25, 0.3) is 0 Å². The van der Waals surface area contributed by atoms with Crippen molar-refractivity contribution in [1.82, 2.24) is 5.32 Å². The molecule has 0 aromatic heterocycles. The highest BCUT2D eigenvalue weighted by atomic mass is 16.5. The SMILES string of the molecule is COC(=O)c1cccc(C(=O)N[C@H](C)c2ccccc2)c1[C@H]1CC(=O)N(c2ccc(C(C)(C)C)cc2)C1. The van der Waals surface area contributed by atoms with E-state index >= 15 is 0 Å².